The molecule has 6 heteroatoms. The van der Waals surface area contributed by atoms with E-state index in [1.165, 1.54) is 6.08 Å². The third-order valence-electron chi connectivity index (χ3n) is 2.15. The average molecular weight is 342 g/mol. The maximum absolute atomic E-state index is 11.5. The molecule has 0 aromatic heterocycles. The minimum Gasteiger partial charge on any atom is -0.273 e. The van der Waals surface area contributed by atoms with Gasteiger partial charge in [0.05, 0.1) is 0 Å². The Hall–Kier alpha value is -1.70. The summed E-state index contributed by atoms with van der Waals surface area (Å²) in [4.78, 5) is 33.8. The molecular formula is C11H7IN2O3. The van der Waals surface area contributed by atoms with E-state index in [-0.39, 0.29) is 5.57 Å². The number of hydrogen-bond donors (Lipinski definition) is 2. The first kappa shape index (κ1) is 11.8. The van der Waals surface area contributed by atoms with Crippen LogP contribution in [0, 0.1) is 3.57 Å². The third-order valence-corrected chi connectivity index (χ3v) is 3.13. The van der Waals surface area contributed by atoms with Gasteiger partial charge in [0.2, 0.25) is 0 Å². The summed E-state index contributed by atoms with van der Waals surface area (Å²) in [6.45, 7) is 0. The SMILES string of the molecule is O=C1NC(=O)C(=Cc2ccccc2I)C(=O)N1. The second-order valence-electron chi connectivity index (χ2n) is 3.32. The molecule has 4 amide bonds. The zero-order valence-corrected chi connectivity index (χ0v) is 10.6. The fourth-order valence-corrected chi connectivity index (χ4v) is 1.90. The highest BCUT2D eigenvalue weighted by Gasteiger charge is 2.27. The van der Waals surface area contributed by atoms with E-state index in [2.05, 4.69) is 22.6 Å². The molecule has 0 atom stereocenters. The summed E-state index contributed by atoms with van der Waals surface area (Å²) in [6.07, 6.45) is 1.46. The predicted molar refractivity (Wildman–Crippen MR) is 68.8 cm³/mol. The van der Waals surface area contributed by atoms with Gasteiger partial charge in [-0.15, -0.1) is 0 Å². The summed E-state index contributed by atoms with van der Waals surface area (Å²) in [5, 5.41) is 4.04. The smallest absolute Gasteiger partial charge is 0.273 e. The molecule has 1 aliphatic rings. The monoisotopic (exact) mass is 342 g/mol. The van der Waals surface area contributed by atoms with Crippen molar-refractivity contribution in [1.29, 1.82) is 0 Å². The van der Waals surface area contributed by atoms with E-state index in [0.717, 1.165) is 9.13 Å². The van der Waals surface area contributed by atoms with Gasteiger partial charge in [-0.05, 0) is 40.3 Å². The number of nitrogens with one attached hydrogen (secondary N) is 2. The van der Waals surface area contributed by atoms with Crippen LogP contribution in [0.2, 0.25) is 0 Å². The van der Waals surface area contributed by atoms with Crippen LogP contribution in [0.25, 0.3) is 6.08 Å². The summed E-state index contributed by atoms with van der Waals surface area (Å²) in [6, 6.07) is 6.51. The topological polar surface area (TPSA) is 75.3 Å². The molecule has 1 heterocycles. The number of carbonyl (C=O) groups excluding carboxylic acids is 3. The molecule has 1 saturated heterocycles. The maximum Gasteiger partial charge on any atom is 0.328 e. The molecule has 0 bridgehead atoms. The van der Waals surface area contributed by atoms with Crippen LogP contribution in [0.1, 0.15) is 5.56 Å². The van der Waals surface area contributed by atoms with E-state index in [0.29, 0.717) is 0 Å². The number of imide groups is 2. The van der Waals surface area contributed by atoms with Gasteiger partial charge in [0.1, 0.15) is 5.57 Å². The van der Waals surface area contributed by atoms with Crippen LogP contribution in [0.3, 0.4) is 0 Å². The first-order chi connectivity index (χ1) is 8.08. The van der Waals surface area contributed by atoms with Gasteiger partial charge in [-0.2, -0.15) is 0 Å². The fourth-order valence-electron chi connectivity index (χ4n) is 1.35. The first-order valence-corrected chi connectivity index (χ1v) is 5.78. The Morgan fingerprint density at radius 1 is 1.00 bits per heavy atom. The molecule has 2 rings (SSSR count). The summed E-state index contributed by atoms with van der Waals surface area (Å²) in [5.74, 6) is -1.36. The normalized spacial score (nSPS) is 15.4. The first-order valence-electron chi connectivity index (χ1n) is 4.71. The third kappa shape index (κ3) is 2.52. The predicted octanol–water partition coefficient (Wildman–Crippen LogP) is 1.04. The highest BCUT2D eigenvalue weighted by atomic mass is 127. The number of carbonyl (C=O) groups is 3. The summed E-state index contributed by atoms with van der Waals surface area (Å²) < 4.78 is 0.912. The van der Waals surface area contributed by atoms with Crippen molar-refractivity contribution in [2.45, 2.75) is 0 Å². The van der Waals surface area contributed by atoms with Crippen LogP contribution in [-0.2, 0) is 9.59 Å². The van der Waals surface area contributed by atoms with Crippen molar-refractivity contribution >= 4 is 46.5 Å². The van der Waals surface area contributed by atoms with Crippen LogP contribution < -0.4 is 10.6 Å². The molecule has 1 aromatic carbocycles. The van der Waals surface area contributed by atoms with Gasteiger partial charge in [0, 0.05) is 3.57 Å². The molecule has 2 N–H and O–H groups in total. The van der Waals surface area contributed by atoms with Gasteiger partial charge in [-0.1, -0.05) is 18.2 Å². The zero-order chi connectivity index (χ0) is 12.4. The number of rotatable bonds is 1. The Morgan fingerprint density at radius 3 is 2.18 bits per heavy atom. The van der Waals surface area contributed by atoms with Gasteiger partial charge in [0.25, 0.3) is 11.8 Å². The lowest BCUT2D eigenvalue weighted by atomic mass is 10.1. The highest BCUT2D eigenvalue weighted by Crippen LogP contribution is 2.16. The lowest BCUT2D eigenvalue weighted by Crippen LogP contribution is -2.51. The second kappa shape index (κ2) is 4.66. The van der Waals surface area contributed by atoms with E-state index in [4.69, 9.17) is 0 Å². The number of urea groups is 1. The quantitative estimate of drug-likeness (QED) is 0.455. The molecule has 1 aromatic rings. The highest BCUT2D eigenvalue weighted by molar-refractivity contribution is 14.1. The molecule has 1 aliphatic heterocycles. The van der Waals surface area contributed by atoms with E-state index >= 15 is 0 Å². The average Bonchev–Trinajstić information content (AvgIpc) is 2.25. The summed E-state index contributed by atoms with van der Waals surface area (Å²) in [7, 11) is 0. The molecule has 5 nitrogen and oxygen atoms in total. The molecule has 17 heavy (non-hydrogen) atoms. The molecule has 0 unspecified atom stereocenters. The summed E-state index contributed by atoms with van der Waals surface area (Å²) in [5.41, 5.74) is 0.677. The van der Waals surface area contributed by atoms with Crippen molar-refractivity contribution in [3.63, 3.8) is 0 Å². The van der Waals surface area contributed by atoms with E-state index in [9.17, 15) is 14.4 Å². The molecule has 0 spiro atoms. The van der Waals surface area contributed by atoms with Crippen molar-refractivity contribution < 1.29 is 14.4 Å². The van der Waals surface area contributed by atoms with Crippen LogP contribution in [-0.4, -0.2) is 17.8 Å². The number of amides is 4. The summed E-state index contributed by atoms with van der Waals surface area (Å²) >= 11 is 2.10. The Labute approximate surface area is 110 Å². The fraction of sp³-hybridized carbons (Fsp3) is 0. The van der Waals surface area contributed by atoms with E-state index in [1.807, 2.05) is 22.8 Å². The molecule has 0 radical (unpaired) electrons. The molecule has 86 valence electrons. The maximum atomic E-state index is 11.5. The minimum absolute atomic E-state index is 0.0753. The number of halogens is 1. The Bertz CT molecular complexity index is 529. The largest absolute Gasteiger partial charge is 0.328 e. The zero-order valence-electron chi connectivity index (χ0n) is 8.49. The van der Waals surface area contributed by atoms with E-state index in [1.54, 1.807) is 12.1 Å². The van der Waals surface area contributed by atoms with Crippen molar-refractivity contribution in [2.75, 3.05) is 0 Å². The molecule has 1 fully saturated rings. The van der Waals surface area contributed by atoms with Gasteiger partial charge in [-0.3, -0.25) is 20.2 Å². The Morgan fingerprint density at radius 2 is 1.59 bits per heavy atom. The standard InChI is InChI=1S/C11H7IN2O3/c12-8-4-2-1-3-6(8)5-7-9(15)13-11(17)14-10(7)16/h1-5H,(H2,13,14,15,16,17). The lowest BCUT2D eigenvalue weighted by molar-refractivity contribution is -0.123. The van der Waals surface area contributed by atoms with Crippen LogP contribution >= 0.6 is 22.6 Å². The number of hydrogen-bond acceptors (Lipinski definition) is 3. The van der Waals surface area contributed by atoms with Gasteiger partial charge in [0.15, 0.2) is 0 Å². The molecule has 0 aliphatic carbocycles. The van der Waals surface area contributed by atoms with Crippen molar-refractivity contribution in [2.24, 2.45) is 0 Å². The van der Waals surface area contributed by atoms with Gasteiger partial charge in [-0.25, -0.2) is 4.79 Å². The van der Waals surface area contributed by atoms with Gasteiger partial charge >= 0.3 is 6.03 Å². The van der Waals surface area contributed by atoms with Crippen molar-refractivity contribution in [3.05, 3.63) is 39.0 Å². The van der Waals surface area contributed by atoms with Crippen molar-refractivity contribution in [1.82, 2.24) is 10.6 Å². The minimum atomic E-state index is -0.792. The number of benzene rings is 1. The lowest BCUT2D eigenvalue weighted by Gasteiger charge is -2.14. The number of barbiturate groups is 1. The molecular weight excluding hydrogens is 335 g/mol. The van der Waals surface area contributed by atoms with Crippen LogP contribution in [0.5, 0.6) is 0 Å². The Balaban J connectivity index is 2.40. The van der Waals surface area contributed by atoms with E-state index < -0.39 is 17.8 Å². The van der Waals surface area contributed by atoms with Gasteiger partial charge < -0.3 is 0 Å². The molecule has 0 saturated carbocycles. The second-order valence-corrected chi connectivity index (χ2v) is 4.48. The Kier molecular flexibility index (Phi) is 3.23. The van der Waals surface area contributed by atoms with Crippen LogP contribution in [0.4, 0.5) is 4.79 Å². The van der Waals surface area contributed by atoms with Crippen LogP contribution in [0.15, 0.2) is 29.8 Å². The van der Waals surface area contributed by atoms with Crippen molar-refractivity contribution in [3.8, 4) is 0 Å².